The molecule has 0 spiro atoms. The molecule has 1 atom stereocenters. The number of fused-ring (bicyclic) bond motifs is 1. The SMILES string of the molecule is NC(=O)CN1C(=O)CC(c2ccccc2)Sc2ccccc21. The zero-order valence-corrected chi connectivity index (χ0v) is 12.8. The van der Waals surface area contributed by atoms with Crippen molar-refractivity contribution in [3.8, 4) is 0 Å². The third-order valence-corrected chi connectivity index (χ3v) is 4.89. The highest BCUT2D eigenvalue weighted by Gasteiger charge is 2.29. The van der Waals surface area contributed by atoms with E-state index >= 15 is 0 Å². The van der Waals surface area contributed by atoms with Gasteiger partial charge in [-0.05, 0) is 17.7 Å². The molecule has 1 aliphatic heterocycles. The number of thioether (sulfide) groups is 1. The van der Waals surface area contributed by atoms with Gasteiger partial charge in [-0.15, -0.1) is 11.8 Å². The van der Waals surface area contributed by atoms with Crippen molar-refractivity contribution in [2.24, 2.45) is 5.73 Å². The van der Waals surface area contributed by atoms with Crippen LogP contribution in [0, 0.1) is 0 Å². The number of nitrogens with two attached hydrogens (primary N) is 1. The Bertz CT molecular complexity index is 703. The minimum atomic E-state index is -0.508. The molecule has 1 unspecified atom stereocenters. The van der Waals surface area contributed by atoms with Crippen molar-refractivity contribution in [3.05, 3.63) is 60.2 Å². The number of amides is 2. The van der Waals surface area contributed by atoms with Gasteiger partial charge in [0.25, 0.3) is 0 Å². The number of nitrogens with zero attached hydrogens (tertiary/aromatic N) is 1. The molecule has 0 saturated carbocycles. The van der Waals surface area contributed by atoms with Gasteiger partial charge in [0.2, 0.25) is 11.8 Å². The fourth-order valence-electron chi connectivity index (χ4n) is 2.56. The van der Waals surface area contributed by atoms with Crippen LogP contribution in [0.5, 0.6) is 0 Å². The molecule has 2 amide bonds. The number of para-hydroxylation sites is 1. The number of rotatable bonds is 3. The first-order chi connectivity index (χ1) is 10.6. The summed E-state index contributed by atoms with van der Waals surface area (Å²) in [6, 6.07) is 17.6. The average molecular weight is 312 g/mol. The molecule has 0 saturated heterocycles. The number of carbonyl (C=O) groups is 2. The van der Waals surface area contributed by atoms with Gasteiger partial charge in [0, 0.05) is 16.6 Å². The van der Waals surface area contributed by atoms with Crippen molar-refractivity contribution >= 4 is 29.3 Å². The van der Waals surface area contributed by atoms with Gasteiger partial charge in [-0.1, -0.05) is 42.5 Å². The number of hydrogen-bond donors (Lipinski definition) is 1. The predicted octanol–water partition coefficient (Wildman–Crippen LogP) is 2.74. The lowest BCUT2D eigenvalue weighted by Gasteiger charge is -2.20. The molecule has 3 rings (SSSR count). The molecule has 0 aromatic heterocycles. The van der Waals surface area contributed by atoms with Gasteiger partial charge in [0.15, 0.2) is 0 Å². The number of hydrogen-bond acceptors (Lipinski definition) is 3. The van der Waals surface area contributed by atoms with E-state index < -0.39 is 5.91 Å². The fourth-order valence-corrected chi connectivity index (χ4v) is 3.84. The van der Waals surface area contributed by atoms with Crippen molar-refractivity contribution in [1.29, 1.82) is 0 Å². The summed E-state index contributed by atoms with van der Waals surface area (Å²) < 4.78 is 0. The normalized spacial score (nSPS) is 17.7. The summed E-state index contributed by atoms with van der Waals surface area (Å²) in [5.41, 5.74) is 7.17. The molecule has 4 nitrogen and oxygen atoms in total. The summed E-state index contributed by atoms with van der Waals surface area (Å²) in [4.78, 5) is 26.4. The van der Waals surface area contributed by atoms with E-state index in [1.807, 2.05) is 54.6 Å². The highest BCUT2D eigenvalue weighted by atomic mass is 32.2. The molecule has 0 radical (unpaired) electrons. The van der Waals surface area contributed by atoms with E-state index in [-0.39, 0.29) is 17.7 Å². The van der Waals surface area contributed by atoms with E-state index in [0.29, 0.717) is 6.42 Å². The molecule has 22 heavy (non-hydrogen) atoms. The third-order valence-electron chi connectivity index (χ3n) is 3.57. The van der Waals surface area contributed by atoms with Crippen LogP contribution in [0.1, 0.15) is 17.2 Å². The molecule has 0 bridgehead atoms. The van der Waals surface area contributed by atoms with Crippen molar-refractivity contribution in [1.82, 2.24) is 0 Å². The van der Waals surface area contributed by atoms with Crippen LogP contribution in [0.2, 0.25) is 0 Å². The van der Waals surface area contributed by atoms with E-state index in [1.54, 1.807) is 11.8 Å². The average Bonchev–Trinajstić information content (AvgIpc) is 2.66. The predicted molar refractivity (Wildman–Crippen MR) is 87.6 cm³/mol. The molecular formula is C17H16N2O2S. The zero-order chi connectivity index (χ0) is 15.5. The lowest BCUT2D eigenvalue weighted by Crippen LogP contribution is -2.38. The van der Waals surface area contributed by atoms with Crippen LogP contribution < -0.4 is 10.6 Å². The summed E-state index contributed by atoms with van der Waals surface area (Å²) >= 11 is 1.65. The molecule has 0 aliphatic carbocycles. The van der Waals surface area contributed by atoms with Gasteiger partial charge >= 0.3 is 0 Å². The van der Waals surface area contributed by atoms with Crippen LogP contribution in [-0.2, 0) is 9.59 Å². The van der Waals surface area contributed by atoms with E-state index in [4.69, 9.17) is 5.73 Å². The number of carbonyl (C=O) groups excluding carboxylic acids is 2. The number of anilines is 1. The fraction of sp³-hybridized carbons (Fsp3) is 0.176. The molecule has 2 aromatic rings. The summed E-state index contributed by atoms with van der Waals surface area (Å²) in [6.07, 6.45) is 0.344. The quantitative estimate of drug-likeness (QED) is 0.948. The Labute approximate surface area is 133 Å². The second-order valence-electron chi connectivity index (χ2n) is 5.14. The number of primary amides is 1. The monoisotopic (exact) mass is 312 g/mol. The van der Waals surface area contributed by atoms with Gasteiger partial charge in [-0.2, -0.15) is 0 Å². The highest BCUT2D eigenvalue weighted by molar-refractivity contribution is 7.99. The Morgan fingerprint density at radius 2 is 1.82 bits per heavy atom. The molecule has 0 fully saturated rings. The Kier molecular flexibility index (Phi) is 4.15. The van der Waals surface area contributed by atoms with Crippen molar-refractivity contribution in [2.75, 3.05) is 11.4 Å². The topological polar surface area (TPSA) is 63.4 Å². The summed E-state index contributed by atoms with van der Waals surface area (Å²) in [5.74, 6) is -0.587. The minimum Gasteiger partial charge on any atom is -0.368 e. The maximum atomic E-state index is 12.6. The van der Waals surface area contributed by atoms with Crippen molar-refractivity contribution in [2.45, 2.75) is 16.6 Å². The first-order valence-corrected chi connectivity index (χ1v) is 7.92. The van der Waals surface area contributed by atoms with Crippen molar-refractivity contribution in [3.63, 3.8) is 0 Å². The second-order valence-corrected chi connectivity index (χ2v) is 6.38. The summed E-state index contributed by atoms with van der Waals surface area (Å²) in [7, 11) is 0. The minimum absolute atomic E-state index is 0.0349. The lowest BCUT2D eigenvalue weighted by molar-refractivity contribution is -0.122. The Balaban J connectivity index is 2.00. The first kappa shape index (κ1) is 14.7. The van der Waals surface area contributed by atoms with Crippen LogP contribution in [0.3, 0.4) is 0 Å². The van der Waals surface area contributed by atoms with Gasteiger partial charge in [0.1, 0.15) is 6.54 Å². The Hall–Kier alpha value is -2.27. The van der Waals surface area contributed by atoms with E-state index in [0.717, 1.165) is 16.1 Å². The Morgan fingerprint density at radius 1 is 1.14 bits per heavy atom. The summed E-state index contributed by atoms with van der Waals surface area (Å²) in [6.45, 7) is -0.0854. The van der Waals surface area contributed by atoms with E-state index in [2.05, 4.69) is 0 Å². The van der Waals surface area contributed by atoms with Crippen LogP contribution >= 0.6 is 11.8 Å². The second kappa shape index (κ2) is 6.23. The maximum Gasteiger partial charge on any atom is 0.237 e. The molecule has 1 heterocycles. The Morgan fingerprint density at radius 3 is 2.55 bits per heavy atom. The standard InChI is InChI=1S/C17H16N2O2S/c18-16(20)11-19-13-8-4-5-9-14(13)22-15(10-17(19)21)12-6-2-1-3-7-12/h1-9,15H,10-11H2,(H2,18,20). The number of benzene rings is 2. The maximum absolute atomic E-state index is 12.6. The molecule has 1 aliphatic rings. The third kappa shape index (κ3) is 2.99. The lowest BCUT2D eigenvalue weighted by atomic mass is 10.1. The first-order valence-electron chi connectivity index (χ1n) is 7.04. The van der Waals surface area contributed by atoms with Crippen LogP contribution in [0.4, 0.5) is 5.69 Å². The highest BCUT2D eigenvalue weighted by Crippen LogP contribution is 2.45. The van der Waals surface area contributed by atoms with Crippen LogP contribution in [0.25, 0.3) is 0 Å². The van der Waals surface area contributed by atoms with Gasteiger partial charge in [-0.25, -0.2) is 0 Å². The summed E-state index contributed by atoms with van der Waals surface area (Å²) in [5, 5.41) is 0.0349. The molecular weight excluding hydrogens is 296 g/mol. The molecule has 2 aromatic carbocycles. The van der Waals surface area contributed by atoms with Crippen LogP contribution in [0.15, 0.2) is 59.5 Å². The smallest absolute Gasteiger partial charge is 0.237 e. The van der Waals surface area contributed by atoms with E-state index in [1.165, 1.54) is 4.90 Å². The van der Waals surface area contributed by atoms with Gasteiger partial charge < -0.3 is 10.6 Å². The van der Waals surface area contributed by atoms with Crippen molar-refractivity contribution < 1.29 is 9.59 Å². The zero-order valence-electron chi connectivity index (χ0n) is 11.9. The largest absolute Gasteiger partial charge is 0.368 e. The van der Waals surface area contributed by atoms with Gasteiger partial charge in [-0.3, -0.25) is 9.59 Å². The molecule has 2 N–H and O–H groups in total. The molecule has 112 valence electrons. The van der Waals surface area contributed by atoms with Gasteiger partial charge in [0.05, 0.1) is 5.69 Å². The molecule has 5 heteroatoms. The van der Waals surface area contributed by atoms with E-state index in [9.17, 15) is 9.59 Å². The van der Waals surface area contributed by atoms with Crippen LogP contribution in [-0.4, -0.2) is 18.4 Å².